The second-order valence-electron chi connectivity index (χ2n) is 5.34. The molecule has 0 saturated heterocycles. The number of carbonyl (C=O) groups is 1. The Morgan fingerprint density at radius 2 is 2.05 bits per heavy atom. The minimum Gasteiger partial charge on any atom is -0.343 e. The van der Waals surface area contributed by atoms with Crippen molar-refractivity contribution in [2.45, 2.75) is 26.8 Å². The zero-order valence-corrected chi connectivity index (χ0v) is 12.4. The first-order valence-corrected chi connectivity index (χ1v) is 6.90. The Bertz CT molecular complexity index is 671. The van der Waals surface area contributed by atoms with Crippen molar-refractivity contribution in [3.63, 3.8) is 0 Å². The number of rotatable bonds is 4. The van der Waals surface area contributed by atoms with Crippen LogP contribution in [0.25, 0.3) is 0 Å². The summed E-state index contributed by atoms with van der Waals surface area (Å²) in [6.45, 7) is 6.04. The highest BCUT2D eigenvalue weighted by molar-refractivity contribution is 5.94. The molecule has 2 N–H and O–H groups in total. The van der Waals surface area contributed by atoms with Crippen molar-refractivity contribution in [2.75, 3.05) is 0 Å². The van der Waals surface area contributed by atoms with Crippen molar-refractivity contribution >= 4 is 5.91 Å². The molecule has 0 radical (unpaired) electrons. The third-order valence-corrected chi connectivity index (χ3v) is 3.34. The maximum atomic E-state index is 12.3. The molecule has 2 aromatic rings. The van der Waals surface area contributed by atoms with E-state index in [9.17, 15) is 9.59 Å². The fraction of sp³-hybridized carbons (Fsp3) is 0.312. The maximum absolute atomic E-state index is 12.3. The van der Waals surface area contributed by atoms with Crippen molar-refractivity contribution in [1.29, 1.82) is 0 Å². The Kier molecular flexibility index (Phi) is 4.52. The molecule has 5 heteroatoms. The Balaban J connectivity index is 2.25. The van der Waals surface area contributed by atoms with Crippen molar-refractivity contribution in [3.8, 4) is 0 Å². The highest BCUT2D eigenvalue weighted by Crippen LogP contribution is 2.22. The number of aromatic nitrogens is 2. The first-order chi connectivity index (χ1) is 9.99. The van der Waals surface area contributed by atoms with Crippen LogP contribution >= 0.6 is 0 Å². The monoisotopic (exact) mass is 285 g/mol. The number of amides is 1. The van der Waals surface area contributed by atoms with Crippen LogP contribution in [-0.4, -0.2) is 15.9 Å². The molecule has 0 aliphatic heterocycles. The fourth-order valence-corrected chi connectivity index (χ4v) is 2.15. The van der Waals surface area contributed by atoms with E-state index in [0.717, 1.165) is 11.3 Å². The molecular weight excluding hydrogens is 266 g/mol. The van der Waals surface area contributed by atoms with Gasteiger partial charge in [-0.25, -0.2) is 0 Å². The van der Waals surface area contributed by atoms with Crippen LogP contribution in [0, 0.1) is 12.8 Å². The van der Waals surface area contributed by atoms with Crippen molar-refractivity contribution in [1.82, 2.24) is 15.3 Å². The van der Waals surface area contributed by atoms with E-state index in [1.54, 1.807) is 6.20 Å². The minimum atomic E-state index is -0.229. The molecule has 0 spiro atoms. The van der Waals surface area contributed by atoms with E-state index < -0.39 is 0 Å². The standard InChI is InChI=1S/C16H19N3O2/c1-10(2)14(15-11(3)5-4-8-17-15)19-16(21)12-6-7-13(20)18-9-12/h4-10,14H,1-3H3,(H,18,20)(H,19,21)/t14-/m1/s1. The second kappa shape index (κ2) is 6.35. The molecular formula is C16H19N3O2. The van der Waals surface area contributed by atoms with E-state index in [4.69, 9.17) is 0 Å². The molecule has 110 valence electrons. The summed E-state index contributed by atoms with van der Waals surface area (Å²) < 4.78 is 0. The highest BCUT2D eigenvalue weighted by atomic mass is 16.2. The van der Waals surface area contributed by atoms with Crippen LogP contribution in [0.15, 0.2) is 41.5 Å². The molecule has 21 heavy (non-hydrogen) atoms. The molecule has 2 aromatic heterocycles. The van der Waals surface area contributed by atoms with E-state index in [-0.39, 0.29) is 23.4 Å². The van der Waals surface area contributed by atoms with Gasteiger partial charge in [0.25, 0.3) is 5.91 Å². The predicted octanol–water partition coefficient (Wildman–Crippen LogP) is 2.21. The van der Waals surface area contributed by atoms with Gasteiger partial charge in [-0.05, 0) is 30.5 Å². The third kappa shape index (κ3) is 3.56. The molecule has 0 unspecified atom stereocenters. The van der Waals surface area contributed by atoms with Crippen molar-refractivity contribution in [3.05, 3.63) is 63.8 Å². The molecule has 2 heterocycles. The first kappa shape index (κ1) is 15.0. The zero-order chi connectivity index (χ0) is 15.4. The fourth-order valence-electron chi connectivity index (χ4n) is 2.15. The lowest BCUT2D eigenvalue weighted by molar-refractivity contribution is 0.0924. The molecule has 1 amide bonds. The molecule has 0 bridgehead atoms. The Labute approximate surface area is 123 Å². The van der Waals surface area contributed by atoms with Gasteiger partial charge in [-0.3, -0.25) is 14.6 Å². The Hall–Kier alpha value is -2.43. The van der Waals surface area contributed by atoms with Crippen LogP contribution in [0.5, 0.6) is 0 Å². The van der Waals surface area contributed by atoms with Gasteiger partial charge in [-0.15, -0.1) is 0 Å². The third-order valence-electron chi connectivity index (χ3n) is 3.34. The number of aromatic amines is 1. The zero-order valence-electron chi connectivity index (χ0n) is 12.4. The summed E-state index contributed by atoms with van der Waals surface area (Å²) >= 11 is 0. The topological polar surface area (TPSA) is 74.8 Å². The predicted molar refractivity (Wildman–Crippen MR) is 81.1 cm³/mol. The van der Waals surface area contributed by atoms with E-state index in [0.29, 0.717) is 5.56 Å². The van der Waals surface area contributed by atoms with E-state index in [1.165, 1.54) is 18.3 Å². The van der Waals surface area contributed by atoms with Crippen LogP contribution in [-0.2, 0) is 0 Å². The molecule has 0 aliphatic carbocycles. The van der Waals surface area contributed by atoms with E-state index in [2.05, 4.69) is 15.3 Å². The number of nitrogens with zero attached hydrogens (tertiary/aromatic N) is 1. The SMILES string of the molecule is Cc1cccnc1[C@H](NC(=O)c1ccc(=O)[nH]c1)C(C)C. The second-order valence-corrected chi connectivity index (χ2v) is 5.34. The maximum Gasteiger partial charge on any atom is 0.253 e. The van der Waals surface area contributed by atoms with Gasteiger partial charge in [-0.2, -0.15) is 0 Å². The summed E-state index contributed by atoms with van der Waals surface area (Å²) in [5.74, 6) is -0.0275. The minimum absolute atomic E-state index is 0.175. The summed E-state index contributed by atoms with van der Waals surface area (Å²) in [7, 11) is 0. The van der Waals surface area contributed by atoms with E-state index >= 15 is 0 Å². The van der Waals surface area contributed by atoms with E-state index in [1.807, 2.05) is 32.9 Å². The molecule has 0 aromatic carbocycles. The summed E-state index contributed by atoms with van der Waals surface area (Å²) in [6.07, 6.45) is 3.14. The smallest absolute Gasteiger partial charge is 0.253 e. The number of H-pyrrole nitrogens is 1. The number of hydrogen-bond donors (Lipinski definition) is 2. The summed E-state index contributed by atoms with van der Waals surface area (Å²) in [5.41, 5.74) is 2.10. The van der Waals surface area contributed by atoms with Crippen LogP contribution in [0.3, 0.4) is 0 Å². The average Bonchev–Trinajstić information content (AvgIpc) is 2.46. The van der Waals surface area contributed by atoms with Gasteiger partial charge in [0.2, 0.25) is 5.56 Å². The Morgan fingerprint density at radius 3 is 2.62 bits per heavy atom. The summed E-state index contributed by atoms with van der Waals surface area (Å²) in [6, 6.07) is 6.53. The van der Waals surface area contributed by atoms with Gasteiger partial charge in [-0.1, -0.05) is 19.9 Å². The average molecular weight is 285 g/mol. The number of hydrogen-bond acceptors (Lipinski definition) is 3. The molecule has 0 fully saturated rings. The van der Waals surface area contributed by atoms with Gasteiger partial charge < -0.3 is 10.3 Å². The van der Waals surface area contributed by atoms with Crippen LogP contribution in [0.2, 0.25) is 0 Å². The summed E-state index contributed by atoms with van der Waals surface area (Å²) in [5, 5.41) is 2.99. The number of nitrogens with one attached hydrogen (secondary N) is 2. The van der Waals surface area contributed by atoms with Gasteiger partial charge in [0.1, 0.15) is 0 Å². The molecule has 0 aliphatic rings. The Morgan fingerprint density at radius 1 is 1.29 bits per heavy atom. The molecule has 0 saturated carbocycles. The van der Waals surface area contributed by atoms with Crippen LogP contribution in [0.4, 0.5) is 0 Å². The quantitative estimate of drug-likeness (QED) is 0.904. The number of pyridine rings is 2. The van der Waals surface area contributed by atoms with Gasteiger partial charge in [0.15, 0.2) is 0 Å². The van der Waals surface area contributed by atoms with Crippen LogP contribution in [0.1, 0.15) is 41.5 Å². The van der Waals surface area contributed by atoms with Gasteiger partial charge >= 0.3 is 0 Å². The molecule has 2 rings (SSSR count). The van der Waals surface area contributed by atoms with Crippen molar-refractivity contribution in [2.24, 2.45) is 5.92 Å². The van der Waals surface area contributed by atoms with Gasteiger partial charge in [0.05, 0.1) is 17.3 Å². The normalized spacial score (nSPS) is 12.2. The number of carbonyl (C=O) groups excluding carboxylic acids is 1. The summed E-state index contributed by atoms with van der Waals surface area (Å²) in [4.78, 5) is 30.2. The van der Waals surface area contributed by atoms with Crippen LogP contribution < -0.4 is 10.9 Å². The highest BCUT2D eigenvalue weighted by Gasteiger charge is 2.21. The lowest BCUT2D eigenvalue weighted by Gasteiger charge is -2.23. The lowest BCUT2D eigenvalue weighted by Crippen LogP contribution is -2.33. The number of aryl methyl sites for hydroxylation is 1. The molecule has 1 atom stereocenters. The lowest BCUT2D eigenvalue weighted by atomic mass is 9.97. The largest absolute Gasteiger partial charge is 0.343 e. The first-order valence-electron chi connectivity index (χ1n) is 6.90. The van der Waals surface area contributed by atoms with Crippen molar-refractivity contribution < 1.29 is 4.79 Å². The molecule has 5 nitrogen and oxygen atoms in total. The van der Waals surface area contributed by atoms with Gasteiger partial charge in [0, 0.05) is 18.5 Å².